The summed E-state index contributed by atoms with van der Waals surface area (Å²) in [4.78, 5) is 6.72. The Bertz CT molecular complexity index is 964. The quantitative estimate of drug-likeness (QED) is 0.656. The second-order valence-electron chi connectivity index (χ2n) is 7.68. The monoisotopic (exact) mass is 345 g/mol. The van der Waals surface area contributed by atoms with Crippen LogP contribution in [0.1, 0.15) is 43.2 Å². The number of pyridine rings is 1. The van der Waals surface area contributed by atoms with E-state index in [1.807, 2.05) is 12.4 Å². The molecule has 1 aliphatic rings. The van der Waals surface area contributed by atoms with E-state index in [0.717, 1.165) is 19.5 Å². The van der Waals surface area contributed by atoms with Gasteiger partial charge in [-0.25, -0.2) is 0 Å². The summed E-state index contributed by atoms with van der Waals surface area (Å²) in [7, 11) is 0. The average Bonchev–Trinajstić information content (AvgIpc) is 2.95. The maximum Gasteiger partial charge on any atom is 0.0529 e. The molecule has 3 nitrogen and oxygen atoms in total. The molecule has 3 heteroatoms. The van der Waals surface area contributed by atoms with E-state index >= 15 is 0 Å². The number of aromatic nitrogens is 2. The Hall–Kier alpha value is -2.39. The molecule has 0 aliphatic carbocycles. The van der Waals surface area contributed by atoms with Gasteiger partial charge in [0.25, 0.3) is 0 Å². The van der Waals surface area contributed by atoms with Crippen LogP contribution in [0.3, 0.4) is 0 Å². The summed E-state index contributed by atoms with van der Waals surface area (Å²) in [5.74, 6) is 0. The molecule has 0 atom stereocenters. The van der Waals surface area contributed by atoms with Crippen molar-refractivity contribution in [2.45, 2.75) is 46.7 Å². The van der Waals surface area contributed by atoms with Crippen LogP contribution >= 0.6 is 0 Å². The zero-order chi connectivity index (χ0) is 18.3. The molecule has 26 heavy (non-hydrogen) atoms. The highest BCUT2D eigenvalue weighted by molar-refractivity contribution is 5.90. The first-order valence-electron chi connectivity index (χ1n) is 9.49. The molecule has 0 spiro atoms. The highest BCUT2D eigenvalue weighted by Gasteiger charge is 2.24. The van der Waals surface area contributed by atoms with E-state index in [4.69, 9.17) is 0 Å². The van der Waals surface area contributed by atoms with Crippen LogP contribution in [0.25, 0.3) is 22.7 Å². The lowest BCUT2D eigenvalue weighted by Crippen LogP contribution is -2.36. The van der Waals surface area contributed by atoms with Gasteiger partial charge in [-0.05, 0) is 68.7 Å². The first kappa shape index (κ1) is 17.0. The van der Waals surface area contributed by atoms with Gasteiger partial charge < -0.3 is 4.57 Å². The Morgan fingerprint density at radius 1 is 1.15 bits per heavy atom. The van der Waals surface area contributed by atoms with Crippen LogP contribution < -0.4 is 0 Å². The Labute approximate surface area is 156 Å². The summed E-state index contributed by atoms with van der Waals surface area (Å²) in [6.45, 7) is 11.1. The minimum Gasteiger partial charge on any atom is -0.320 e. The van der Waals surface area contributed by atoms with E-state index in [1.165, 1.54) is 38.9 Å². The van der Waals surface area contributed by atoms with Crippen molar-refractivity contribution in [3.05, 3.63) is 65.1 Å². The number of aryl methyl sites for hydroxylation is 1. The normalized spacial score (nSPS) is 15.7. The topological polar surface area (TPSA) is 21.1 Å². The molecule has 134 valence electrons. The zero-order valence-electron chi connectivity index (χ0n) is 16.2. The minimum atomic E-state index is 0.584. The molecule has 4 rings (SSSR count). The molecule has 0 bridgehead atoms. The highest BCUT2D eigenvalue weighted by atomic mass is 15.2. The van der Waals surface area contributed by atoms with Crippen LogP contribution in [-0.4, -0.2) is 27.0 Å². The lowest BCUT2D eigenvalue weighted by molar-refractivity contribution is 0.203. The van der Waals surface area contributed by atoms with Gasteiger partial charge in [-0.15, -0.1) is 0 Å². The van der Waals surface area contributed by atoms with Crippen molar-refractivity contribution in [3.8, 4) is 0 Å². The molecule has 0 unspecified atom stereocenters. The van der Waals surface area contributed by atoms with Gasteiger partial charge in [-0.2, -0.15) is 0 Å². The lowest BCUT2D eigenvalue weighted by atomic mass is 10.0. The third-order valence-electron chi connectivity index (χ3n) is 5.56. The smallest absolute Gasteiger partial charge is 0.0529 e. The van der Waals surface area contributed by atoms with Crippen molar-refractivity contribution in [1.29, 1.82) is 0 Å². The summed E-state index contributed by atoms with van der Waals surface area (Å²) in [5.41, 5.74) is 8.10. The van der Waals surface area contributed by atoms with E-state index < -0.39 is 0 Å². The number of hydrogen-bond acceptors (Lipinski definition) is 2. The number of allylic oxidation sites excluding steroid dienone is 1. The van der Waals surface area contributed by atoms with Gasteiger partial charge in [0.1, 0.15) is 0 Å². The number of hydrogen-bond donors (Lipinski definition) is 0. The highest BCUT2D eigenvalue weighted by Crippen LogP contribution is 2.33. The molecule has 0 amide bonds. The van der Waals surface area contributed by atoms with Crippen LogP contribution in [0.5, 0.6) is 0 Å². The second kappa shape index (κ2) is 6.73. The summed E-state index contributed by atoms with van der Waals surface area (Å²) in [5, 5.41) is 1.41. The van der Waals surface area contributed by atoms with Gasteiger partial charge in [0, 0.05) is 55.2 Å². The third-order valence-corrected chi connectivity index (χ3v) is 5.56. The first-order chi connectivity index (χ1) is 12.5. The van der Waals surface area contributed by atoms with Crippen molar-refractivity contribution in [2.75, 3.05) is 6.54 Å². The summed E-state index contributed by atoms with van der Waals surface area (Å²) < 4.78 is 2.43. The molecule has 2 aromatic heterocycles. The molecular formula is C23H27N3. The predicted molar refractivity (Wildman–Crippen MR) is 110 cm³/mol. The van der Waals surface area contributed by atoms with Crippen molar-refractivity contribution in [1.82, 2.24) is 14.5 Å². The van der Waals surface area contributed by atoms with E-state index in [9.17, 15) is 0 Å². The zero-order valence-corrected chi connectivity index (χ0v) is 16.2. The van der Waals surface area contributed by atoms with Gasteiger partial charge in [0.05, 0.1) is 5.52 Å². The number of fused-ring (bicyclic) bond motifs is 3. The maximum absolute atomic E-state index is 4.14. The first-order valence-corrected chi connectivity index (χ1v) is 9.49. The van der Waals surface area contributed by atoms with E-state index in [0.29, 0.717) is 6.04 Å². The fourth-order valence-electron chi connectivity index (χ4n) is 4.00. The second-order valence-corrected chi connectivity index (χ2v) is 7.68. The molecule has 1 aliphatic heterocycles. The number of rotatable bonds is 3. The van der Waals surface area contributed by atoms with Gasteiger partial charge in [0.15, 0.2) is 0 Å². The molecule has 0 saturated heterocycles. The van der Waals surface area contributed by atoms with Gasteiger partial charge in [0.2, 0.25) is 0 Å². The molecule has 3 heterocycles. The Kier molecular flexibility index (Phi) is 4.41. The molecule has 0 radical (unpaired) electrons. The Balaban J connectivity index is 1.88. The van der Waals surface area contributed by atoms with Crippen molar-refractivity contribution < 1.29 is 0 Å². The average molecular weight is 345 g/mol. The molecule has 0 N–H and O–H groups in total. The SMILES string of the molecule is C/C(=C/n1c2c(c3cc(C)ccc31)CN(C(C)C)CC2)c1ccncc1. The van der Waals surface area contributed by atoms with Crippen LogP contribution in [-0.2, 0) is 13.0 Å². The van der Waals surface area contributed by atoms with Crippen LogP contribution in [0.4, 0.5) is 0 Å². The molecule has 0 fully saturated rings. The maximum atomic E-state index is 4.14. The largest absolute Gasteiger partial charge is 0.320 e. The fraction of sp³-hybridized carbons (Fsp3) is 0.348. The standard InChI is InChI=1S/C23H27N3/c1-16(2)25-12-9-23-21(15-25)20-13-17(3)5-6-22(20)26(23)14-18(4)19-7-10-24-11-8-19/h5-8,10-11,13-14,16H,9,12,15H2,1-4H3/b18-14-. The van der Waals surface area contributed by atoms with Crippen molar-refractivity contribution in [3.63, 3.8) is 0 Å². The molecule has 0 saturated carbocycles. The van der Waals surface area contributed by atoms with E-state index in [2.05, 4.69) is 78.7 Å². The van der Waals surface area contributed by atoms with Gasteiger partial charge in [-0.1, -0.05) is 11.6 Å². The Morgan fingerprint density at radius 3 is 2.65 bits per heavy atom. The lowest BCUT2D eigenvalue weighted by Gasteiger charge is -2.31. The third kappa shape index (κ3) is 2.97. The van der Waals surface area contributed by atoms with E-state index in [1.54, 1.807) is 0 Å². The van der Waals surface area contributed by atoms with Gasteiger partial charge in [-0.3, -0.25) is 9.88 Å². The molecular weight excluding hydrogens is 318 g/mol. The number of nitrogens with zero attached hydrogens (tertiary/aromatic N) is 3. The van der Waals surface area contributed by atoms with Crippen LogP contribution in [0, 0.1) is 6.92 Å². The van der Waals surface area contributed by atoms with Crippen LogP contribution in [0.2, 0.25) is 0 Å². The summed E-state index contributed by atoms with van der Waals surface area (Å²) in [6.07, 6.45) is 7.12. The predicted octanol–water partition coefficient (Wildman–Crippen LogP) is 5.13. The number of benzene rings is 1. The summed E-state index contributed by atoms with van der Waals surface area (Å²) in [6, 6.07) is 11.6. The van der Waals surface area contributed by atoms with Gasteiger partial charge >= 0.3 is 0 Å². The fourth-order valence-corrected chi connectivity index (χ4v) is 4.00. The van der Waals surface area contributed by atoms with Crippen LogP contribution in [0.15, 0.2) is 42.7 Å². The molecule has 1 aromatic carbocycles. The van der Waals surface area contributed by atoms with Crippen molar-refractivity contribution >= 4 is 22.7 Å². The van der Waals surface area contributed by atoms with E-state index in [-0.39, 0.29) is 0 Å². The minimum absolute atomic E-state index is 0.584. The summed E-state index contributed by atoms with van der Waals surface area (Å²) >= 11 is 0. The molecule has 3 aromatic rings. The van der Waals surface area contributed by atoms with Crippen molar-refractivity contribution in [2.24, 2.45) is 0 Å². The Morgan fingerprint density at radius 2 is 1.92 bits per heavy atom.